The third-order valence-corrected chi connectivity index (χ3v) is 7.22. The molecule has 0 N–H and O–H groups in total. The highest BCUT2D eigenvalue weighted by Gasteiger charge is 2.21. The average molecular weight is 515 g/mol. The minimum atomic E-state index is -1.68. The van der Waals surface area contributed by atoms with Crippen molar-refractivity contribution in [2.75, 3.05) is 0 Å². The summed E-state index contributed by atoms with van der Waals surface area (Å²) in [6.07, 6.45) is -1.30. The Kier molecular flexibility index (Phi) is 6.96. The first-order valence-corrected chi connectivity index (χ1v) is 11.8. The number of allylic oxidation sites excluding steroid dienone is 2. The van der Waals surface area contributed by atoms with Gasteiger partial charge in [0.1, 0.15) is 34.7 Å². The zero-order valence-electron chi connectivity index (χ0n) is 16.4. The number of hydrogen-bond donors (Lipinski definition) is 2. The molecule has 0 aliphatic carbocycles. The van der Waals surface area contributed by atoms with Crippen LogP contribution in [0.25, 0.3) is 20.4 Å². The number of thiol groups is 2. The van der Waals surface area contributed by atoms with Crippen molar-refractivity contribution in [2.24, 2.45) is 0 Å². The Balaban J connectivity index is 1.49. The number of halogens is 2. The van der Waals surface area contributed by atoms with Crippen LogP contribution in [0.5, 0.6) is 0 Å². The molecule has 0 saturated carbocycles. The number of alkyl halides is 2. The maximum absolute atomic E-state index is 14.8. The lowest BCUT2D eigenvalue weighted by atomic mass is 10.2. The maximum Gasteiger partial charge on any atom is 0.185 e. The number of ether oxygens (including phenoxy) is 1. The van der Waals surface area contributed by atoms with E-state index < -0.39 is 12.3 Å². The number of thiazole rings is 2. The smallest absolute Gasteiger partial charge is 0.185 e. The van der Waals surface area contributed by atoms with Crippen LogP contribution in [-0.4, -0.2) is 9.97 Å². The summed E-state index contributed by atoms with van der Waals surface area (Å²) in [6, 6.07) is 14.2. The molecule has 0 spiro atoms. The van der Waals surface area contributed by atoms with Crippen LogP contribution in [0.1, 0.15) is 33.5 Å². The van der Waals surface area contributed by atoms with Gasteiger partial charge in [-0.05, 0) is 24.3 Å². The third-order valence-electron chi connectivity index (χ3n) is 4.44. The molecule has 4 rings (SSSR count). The minimum Gasteiger partial charge on any atom is -0.471 e. The number of aromatic nitrogens is 2. The Hall–Kier alpha value is -2.96. The molecule has 0 amide bonds. The largest absolute Gasteiger partial charge is 0.471 e. The SMILES string of the molecule is N#Cc1cccc2sc(C(F)C(S)=COC=C(S)C(F)c3nc4c(C#N)cccc4s3)nc12. The second-order valence-corrected chi connectivity index (χ2v) is 9.74. The molecule has 164 valence electrons. The van der Waals surface area contributed by atoms with Crippen molar-refractivity contribution in [3.63, 3.8) is 0 Å². The molecule has 2 aromatic carbocycles. The highest BCUT2D eigenvalue weighted by Crippen LogP contribution is 2.37. The molecule has 0 aliphatic rings. The first-order chi connectivity index (χ1) is 15.9. The van der Waals surface area contributed by atoms with Crippen molar-refractivity contribution >= 4 is 68.4 Å². The lowest BCUT2D eigenvalue weighted by molar-refractivity contribution is 0.352. The number of para-hydroxylation sites is 2. The van der Waals surface area contributed by atoms with E-state index in [0.29, 0.717) is 31.6 Å². The van der Waals surface area contributed by atoms with Crippen molar-refractivity contribution in [2.45, 2.75) is 12.3 Å². The van der Waals surface area contributed by atoms with E-state index in [2.05, 4.69) is 35.2 Å². The Morgan fingerprint density at radius 1 is 0.848 bits per heavy atom. The van der Waals surface area contributed by atoms with E-state index in [4.69, 9.17) is 15.3 Å². The summed E-state index contributed by atoms with van der Waals surface area (Å²) in [5.74, 6) is 0. The van der Waals surface area contributed by atoms with Gasteiger partial charge >= 0.3 is 0 Å². The fourth-order valence-corrected chi connectivity index (χ4v) is 5.40. The molecule has 0 aliphatic heterocycles. The first-order valence-electron chi connectivity index (χ1n) is 9.23. The van der Waals surface area contributed by atoms with Gasteiger partial charge in [-0.3, -0.25) is 0 Å². The molecule has 2 aromatic heterocycles. The monoisotopic (exact) mass is 514 g/mol. The van der Waals surface area contributed by atoms with E-state index in [0.717, 1.165) is 35.2 Å². The molecule has 0 radical (unpaired) electrons. The Morgan fingerprint density at radius 3 is 1.67 bits per heavy atom. The number of rotatable bonds is 6. The number of hydrogen-bond acceptors (Lipinski definition) is 9. The Labute approximate surface area is 206 Å². The number of benzene rings is 2. The second-order valence-electron chi connectivity index (χ2n) is 6.58. The van der Waals surface area contributed by atoms with Gasteiger partial charge < -0.3 is 4.74 Å². The minimum absolute atomic E-state index is 0.0843. The summed E-state index contributed by atoms with van der Waals surface area (Å²) < 4.78 is 36.2. The van der Waals surface area contributed by atoms with Gasteiger partial charge in [-0.1, -0.05) is 12.1 Å². The van der Waals surface area contributed by atoms with Gasteiger partial charge in [0, 0.05) is 0 Å². The van der Waals surface area contributed by atoms with E-state index >= 15 is 0 Å². The quantitative estimate of drug-likeness (QED) is 0.215. The highest BCUT2D eigenvalue weighted by molar-refractivity contribution is 7.84. The van der Waals surface area contributed by atoms with Crippen molar-refractivity contribution < 1.29 is 13.5 Å². The molecule has 2 heterocycles. The number of nitriles is 2. The molecule has 4 aromatic rings. The molecule has 0 bridgehead atoms. The molecular weight excluding hydrogens is 503 g/mol. The van der Waals surface area contributed by atoms with Gasteiger partial charge in [-0.15, -0.1) is 47.9 Å². The molecule has 0 fully saturated rings. The van der Waals surface area contributed by atoms with Crippen LogP contribution in [0, 0.1) is 22.7 Å². The van der Waals surface area contributed by atoms with Crippen LogP contribution in [-0.2, 0) is 4.74 Å². The van der Waals surface area contributed by atoms with Crippen LogP contribution in [0.2, 0.25) is 0 Å². The third kappa shape index (κ3) is 4.72. The molecule has 2 unspecified atom stereocenters. The van der Waals surface area contributed by atoms with Crippen molar-refractivity contribution in [3.8, 4) is 12.1 Å². The van der Waals surface area contributed by atoms with E-state index in [9.17, 15) is 8.78 Å². The van der Waals surface area contributed by atoms with E-state index in [-0.39, 0.29) is 19.8 Å². The standard InChI is InChI=1S/C22H12F2N4OS4/c23-17(21-27-19-11(7-25)3-1-5-15(19)32-21)13(30)9-29-10-14(31)18(24)22-28-20-12(8-26)4-2-6-16(20)33-22/h1-6,9-10,17-18,30-31H. The lowest BCUT2D eigenvalue weighted by Gasteiger charge is -2.06. The second kappa shape index (κ2) is 9.89. The summed E-state index contributed by atoms with van der Waals surface area (Å²) in [4.78, 5) is 8.24. The predicted octanol–water partition coefficient (Wildman–Crippen LogP) is 6.93. The number of fused-ring (bicyclic) bond motifs is 2. The molecule has 33 heavy (non-hydrogen) atoms. The lowest BCUT2D eigenvalue weighted by Crippen LogP contribution is -1.93. The molecule has 5 nitrogen and oxygen atoms in total. The summed E-state index contributed by atoms with van der Waals surface area (Å²) in [7, 11) is 0. The fraction of sp³-hybridized carbons (Fsp3) is 0.0909. The molecule has 2 atom stereocenters. The highest BCUT2D eigenvalue weighted by atomic mass is 32.1. The summed E-state index contributed by atoms with van der Waals surface area (Å²) >= 11 is 10.5. The van der Waals surface area contributed by atoms with Crippen LogP contribution in [0.4, 0.5) is 8.78 Å². The van der Waals surface area contributed by atoms with Crippen molar-refractivity contribution in [1.29, 1.82) is 10.5 Å². The zero-order chi connectivity index (χ0) is 23.5. The molecule has 11 heteroatoms. The van der Waals surface area contributed by atoms with Crippen LogP contribution < -0.4 is 0 Å². The van der Waals surface area contributed by atoms with Crippen LogP contribution in [0.15, 0.2) is 58.7 Å². The average Bonchev–Trinajstić information content (AvgIpc) is 3.46. The van der Waals surface area contributed by atoms with Gasteiger partial charge in [-0.2, -0.15) is 10.5 Å². The Morgan fingerprint density at radius 2 is 1.27 bits per heavy atom. The van der Waals surface area contributed by atoms with Crippen LogP contribution in [0.3, 0.4) is 0 Å². The summed E-state index contributed by atoms with van der Waals surface area (Å²) in [6.45, 7) is 0. The predicted molar refractivity (Wildman–Crippen MR) is 132 cm³/mol. The van der Waals surface area contributed by atoms with Gasteiger partial charge in [0.2, 0.25) is 0 Å². The van der Waals surface area contributed by atoms with Crippen molar-refractivity contribution in [1.82, 2.24) is 9.97 Å². The maximum atomic E-state index is 14.8. The van der Waals surface area contributed by atoms with Gasteiger partial charge in [0.05, 0.1) is 41.4 Å². The zero-order valence-corrected chi connectivity index (χ0v) is 19.9. The summed E-state index contributed by atoms with van der Waals surface area (Å²) in [5, 5.41) is 18.6. The topological polar surface area (TPSA) is 82.6 Å². The molecule has 0 saturated heterocycles. The van der Waals surface area contributed by atoms with E-state index in [1.54, 1.807) is 36.4 Å². The number of nitrogens with zero attached hydrogens (tertiary/aromatic N) is 4. The normalized spacial score (nSPS) is 14.1. The Bertz CT molecular complexity index is 1380. The van der Waals surface area contributed by atoms with Gasteiger partial charge in [0.25, 0.3) is 0 Å². The van der Waals surface area contributed by atoms with Gasteiger partial charge in [0.15, 0.2) is 12.3 Å². The van der Waals surface area contributed by atoms with E-state index in [1.807, 2.05) is 12.1 Å². The van der Waals surface area contributed by atoms with Gasteiger partial charge in [-0.25, -0.2) is 18.7 Å². The first kappa shape index (κ1) is 23.2. The van der Waals surface area contributed by atoms with Crippen molar-refractivity contribution in [3.05, 3.63) is 79.9 Å². The van der Waals surface area contributed by atoms with Crippen LogP contribution >= 0.6 is 47.9 Å². The molecular formula is C22H12F2N4OS4. The summed E-state index contributed by atoms with van der Waals surface area (Å²) in [5.41, 5.74) is 1.57. The fourth-order valence-electron chi connectivity index (χ4n) is 2.87. The van der Waals surface area contributed by atoms with E-state index in [1.165, 1.54) is 0 Å².